The van der Waals surface area contributed by atoms with Gasteiger partial charge in [-0.15, -0.1) is 13.2 Å². The second-order valence-electron chi connectivity index (χ2n) is 6.74. The van der Waals surface area contributed by atoms with Crippen LogP contribution in [0.5, 0.6) is 5.75 Å². The molecule has 0 atom stereocenters. The number of carbonyl (C=O) groups excluding carboxylic acids is 2. The molecule has 6 nitrogen and oxygen atoms in total. The summed E-state index contributed by atoms with van der Waals surface area (Å²) in [6, 6.07) is 4.74. The van der Waals surface area contributed by atoms with Gasteiger partial charge in [0.15, 0.2) is 0 Å². The van der Waals surface area contributed by atoms with Crippen molar-refractivity contribution in [2.45, 2.75) is 51.1 Å². The minimum atomic E-state index is -4.78. The van der Waals surface area contributed by atoms with E-state index in [2.05, 4.69) is 15.4 Å². The number of hydrogen-bond acceptors (Lipinski definition) is 4. The lowest BCUT2D eigenvalue weighted by atomic mass is 10.2. The Labute approximate surface area is 142 Å². The number of nitrogens with one attached hydrogen (secondary N) is 2. The largest absolute Gasteiger partial charge is 0.573 e. The first kappa shape index (κ1) is 18.9. The van der Waals surface area contributed by atoms with Crippen molar-refractivity contribution in [3.63, 3.8) is 0 Å². The summed E-state index contributed by atoms with van der Waals surface area (Å²) in [6.07, 6.45) is -4.57. The Hall–Kier alpha value is -2.45. The molecule has 0 saturated heterocycles. The van der Waals surface area contributed by atoms with Crippen molar-refractivity contribution in [3.8, 4) is 5.75 Å². The quantitative estimate of drug-likeness (QED) is 0.860. The van der Waals surface area contributed by atoms with E-state index in [0.29, 0.717) is 12.8 Å². The number of rotatable bonds is 4. The Bertz CT molecular complexity index is 647. The van der Waals surface area contributed by atoms with Gasteiger partial charge in [0, 0.05) is 5.69 Å². The third kappa shape index (κ3) is 5.84. The lowest BCUT2D eigenvalue weighted by Gasteiger charge is -2.23. The average Bonchev–Trinajstić information content (AvgIpc) is 3.18. The van der Waals surface area contributed by atoms with Crippen LogP contribution in [-0.2, 0) is 9.53 Å². The molecule has 9 heteroatoms. The molecule has 25 heavy (non-hydrogen) atoms. The summed E-state index contributed by atoms with van der Waals surface area (Å²) >= 11 is 0. The van der Waals surface area contributed by atoms with E-state index in [9.17, 15) is 22.8 Å². The Balaban J connectivity index is 1.94. The minimum absolute atomic E-state index is 0.289. The molecule has 0 aliphatic heterocycles. The molecule has 1 aliphatic carbocycles. The molecule has 0 heterocycles. The van der Waals surface area contributed by atoms with Crippen LogP contribution in [0.3, 0.4) is 0 Å². The van der Waals surface area contributed by atoms with Gasteiger partial charge in [-0.3, -0.25) is 4.79 Å². The van der Waals surface area contributed by atoms with E-state index in [4.69, 9.17) is 4.74 Å². The molecule has 0 unspecified atom stereocenters. The van der Waals surface area contributed by atoms with Crippen LogP contribution in [-0.4, -0.2) is 29.5 Å². The van der Waals surface area contributed by atoms with Crippen LogP contribution >= 0.6 is 0 Å². The van der Waals surface area contributed by atoms with Crippen LogP contribution in [0.15, 0.2) is 24.3 Å². The van der Waals surface area contributed by atoms with Crippen molar-refractivity contribution in [2.75, 3.05) is 5.32 Å². The van der Waals surface area contributed by atoms with Crippen LogP contribution in [0.1, 0.15) is 33.6 Å². The third-order valence-electron chi connectivity index (χ3n) is 3.27. The first-order valence-electron chi connectivity index (χ1n) is 7.57. The number of hydrogen-bond donors (Lipinski definition) is 2. The molecular formula is C16H19F3N2O4. The van der Waals surface area contributed by atoms with Crippen molar-refractivity contribution in [1.29, 1.82) is 0 Å². The van der Waals surface area contributed by atoms with E-state index in [-0.39, 0.29) is 5.69 Å². The van der Waals surface area contributed by atoms with Crippen molar-refractivity contribution in [2.24, 2.45) is 0 Å². The van der Waals surface area contributed by atoms with E-state index >= 15 is 0 Å². The number of halogens is 3. The molecule has 1 fully saturated rings. The zero-order valence-corrected chi connectivity index (χ0v) is 14.0. The molecule has 1 aromatic rings. The van der Waals surface area contributed by atoms with Crippen LogP contribution in [0, 0.1) is 0 Å². The van der Waals surface area contributed by atoms with Crippen LogP contribution < -0.4 is 15.4 Å². The second-order valence-corrected chi connectivity index (χ2v) is 6.74. The Morgan fingerprint density at radius 1 is 1.08 bits per heavy atom. The highest BCUT2D eigenvalue weighted by Crippen LogP contribution is 2.37. The summed E-state index contributed by atoms with van der Waals surface area (Å²) in [5.41, 5.74) is -1.45. The maximum absolute atomic E-state index is 12.3. The maximum Gasteiger partial charge on any atom is 0.573 e. The highest BCUT2D eigenvalue weighted by Gasteiger charge is 2.52. The van der Waals surface area contributed by atoms with Crippen LogP contribution in [0.2, 0.25) is 0 Å². The van der Waals surface area contributed by atoms with Crippen molar-refractivity contribution in [3.05, 3.63) is 24.3 Å². The van der Waals surface area contributed by atoms with Crippen LogP contribution in [0.25, 0.3) is 0 Å². The number of benzene rings is 1. The molecular weight excluding hydrogens is 341 g/mol. The van der Waals surface area contributed by atoms with Gasteiger partial charge in [-0.25, -0.2) is 4.79 Å². The fourth-order valence-electron chi connectivity index (χ4n) is 2.02. The molecule has 2 N–H and O–H groups in total. The van der Waals surface area contributed by atoms with E-state index < -0.39 is 35.3 Å². The lowest BCUT2D eigenvalue weighted by molar-refractivity contribution is -0.274. The number of carbonyl (C=O) groups is 2. The van der Waals surface area contributed by atoms with Crippen molar-refractivity contribution < 1.29 is 32.2 Å². The monoisotopic (exact) mass is 360 g/mol. The molecule has 1 saturated carbocycles. The van der Waals surface area contributed by atoms with Gasteiger partial charge in [0.2, 0.25) is 5.91 Å². The molecule has 0 aromatic heterocycles. The highest BCUT2D eigenvalue weighted by atomic mass is 19.4. The summed E-state index contributed by atoms with van der Waals surface area (Å²) in [6.45, 7) is 5.12. The standard InChI is InChI=1S/C16H19F3N2O4/c1-14(2,3)25-13(23)21-15(8-9-15)12(22)20-10-4-6-11(7-5-10)24-16(17,18)19/h4-7H,8-9H2,1-3H3,(H,20,22)(H,21,23). The summed E-state index contributed by atoms with van der Waals surface area (Å²) in [7, 11) is 0. The van der Waals surface area contributed by atoms with Gasteiger partial charge in [-0.05, 0) is 57.9 Å². The van der Waals surface area contributed by atoms with Gasteiger partial charge in [0.1, 0.15) is 16.9 Å². The number of anilines is 1. The molecule has 1 aliphatic rings. The summed E-state index contributed by atoms with van der Waals surface area (Å²) in [4.78, 5) is 24.1. The van der Waals surface area contributed by atoms with Crippen molar-refractivity contribution >= 4 is 17.7 Å². The van der Waals surface area contributed by atoms with Gasteiger partial charge in [-0.2, -0.15) is 0 Å². The van der Waals surface area contributed by atoms with Gasteiger partial charge < -0.3 is 20.1 Å². The lowest BCUT2D eigenvalue weighted by Crippen LogP contribution is -2.47. The van der Waals surface area contributed by atoms with Gasteiger partial charge in [-0.1, -0.05) is 0 Å². The fraction of sp³-hybridized carbons (Fsp3) is 0.500. The number of ether oxygens (including phenoxy) is 2. The van der Waals surface area contributed by atoms with E-state index in [1.54, 1.807) is 20.8 Å². The minimum Gasteiger partial charge on any atom is -0.444 e. The van der Waals surface area contributed by atoms with Gasteiger partial charge in [0.05, 0.1) is 0 Å². The maximum atomic E-state index is 12.3. The molecule has 0 bridgehead atoms. The predicted octanol–water partition coefficient (Wildman–Crippen LogP) is 3.58. The molecule has 0 radical (unpaired) electrons. The number of alkyl carbamates (subject to hydrolysis) is 1. The molecule has 138 valence electrons. The third-order valence-corrected chi connectivity index (χ3v) is 3.27. The zero-order chi connectivity index (χ0) is 18.9. The van der Waals surface area contributed by atoms with Crippen LogP contribution in [0.4, 0.5) is 23.7 Å². The summed E-state index contributed by atoms with van der Waals surface area (Å²) < 4.78 is 45.2. The number of amides is 2. The summed E-state index contributed by atoms with van der Waals surface area (Å²) in [5, 5.41) is 5.10. The smallest absolute Gasteiger partial charge is 0.444 e. The molecule has 1 aromatic carbocycles. The SMILES string of the molecule is CC(C)(C)OC(=O)NC1(C(=O)Nc2ccc(OC(F)(F)F)cc2)CC1. The van der Waals surface area contributed by atoms with Gasteiger partial charge >= 0.3 is 12.5 Å². The van der Waals surface area contributed by atoms with Crippen molar-refractivity contribution in [1.82, 2.24) is 5.32 Å². The Kier molecular flexibility index (Phi) is 4.87. The Morgan fingerprint density at radius 2 is 1.64 bits per heavy atom. The molecule has 2 rings (SSSR count). The Morgan fingerprint density at radius 3 is 2.08 bits per heavy atom. The van der Waals surface area contributed by atoms with E-state index in [0.717, 1.165) is 12.1 Å². The number of alkyl halides is 3. The fourth-order valence-corrected chi connectivity index (χ4v) is 2.02. The van der Waals surface area contributed by atoms with E-state index in [1.165, 1.54) is 12.1 Å². The first-order chi connectivity index (χ1) is 11.4. The normalized spacial score (nSPS) is 15.9. The average molecular weight is 360 g/mol. The summed E-state index contributed by atoms with van der Waals surface area (Å²) in [5.74, 6) is -0.846. The highest BCUT2D eigenvalue weighted by molar-refractivity contribution is 6.02. The predicted molar refractivity (Wildman–Crippen MR) is 83.1 cm³/mol. The molecule has 2 amide bonds. The van der Waals surface area contributed by atoms with Gasteiger partial charge in [0.25, 0.3) is 0 Å². The first-order valence-corrected chi connectivity index (χ1v) is 7.57. The zero-order valence-electron chi connectivity index (χ0n) is 14.0. The topological polar surface area (TPSA) is 76.7 Å². The second kappa shape index (κ2) is 6.45. The van der Waals surface area contributed by atoms with E-state index in [1.807, 2.05) is 0 Å². The molecule has 0 spiro atoms.